The Kier molecular flexibility index (Phi) is 8.60. The molecule has 3 N–H and O–H groups in total. The van der Waals surface area contributed by atoms with Crippen LogP contribution in [-0.4, -0.2) is 54.9 Å². The highest BCUT2D eigenvalue weighted by Crippen LogP contribution is 2.39. The van der Waals surface area contributed by atoms with E-state index in [1.54, 1.807) is 28.6 Å². The van der Waals surface area contributed by atoms with Gasteiger partial charge >= 0.3 is 0 Å². The first-order valence-corrected chi connectivity index (χ1v) is 16.7. The topological polar surface area (TPSA) is 104 Å². The first-order chi connectivity index (χ1) is 20.5. The number of nitrogens with two attached hydrogens (primary N) is 1. The summed E-state index contributed by atoms with van der Waals surface area (Å²) in [5.41, 5.74) is 14.4. The van der Waals surface area contributed by atoms with Crippen LogP contribution in [0.3, 0.4) is 0 Å². The quantitative estimate of drug-likeness (QED) is 0.253. The third-order valence-electron chi connectivity index (χ3n) is 8.95. The molecule has 10 heteroatoms. The molecule has 2 aliphatic heterocycles. The number of rotatable bonds is 6. The zero-order valence-electron chi connectivity index (χ0n) is 24.3. The zero-order chi connectivity index (χ0) is 28.7. The molecule has 4 heterocycles. The highest BCUT2D eigenvalue weighted by atomic mass is 35.5. The van der Waals surface area contributed by atoms with Crippen molar-refractivity contribution in [3.05, 3.63) is 72.1 Å². The molecule has 43 heavy (non-hydrogen) atoms. The lowest BCUT2D eigenvalue weighted by Crippen LogP contribution is -2.27. The summed E-state index contributed by atoms with van der Waals surface area (Å²) in [5.74, 6) is 0.702. The first-order valence-electron chi connectivity index (χ1n) is 15.3. The first kappa shape index (κ1) is 29.8. The molecule has 0 spiro atoms. The summed E-state index contributed by atoms with van der Waals surface area (Å²) >= 11 is 0. The van der Waals surface area contributed by atoms with Crippen molar-refractivity contribution < 1.29 is 8.42 Å². The van der Waals surface area contributed by atoms with E-state index >= 15 is 0 Å². The molecule has 226 valence electrons. The molecule has 0 radical (unpaired) electrons. The Morgan fingerprint density at radius 2 is 1.63 bits per heavy atom. The Morgan fingerprint density at radius 1 is 0.860 bits per heavy atom. The molecule has 1 unspecified atom stereocenters. The summed E-state index contributed by atoms with van der Waals surface area (Å²) in [6.45, 7) is 3.06. The SMILES string of the molecule is Cl.NC1CCN(c2c3c(nc4ccc(-c5ccnc(Nc6ccc(S(=O)(=O)N7CCCC7)cc6)c5)cc24)CCCCC3)C1. The molecule has 8 nitrogen and oxygen atoms in total. The van der Waals surface area contributed by atoms with Crippen LogP contribution in [0.5, 0.6) is 0 Å². The van der Waals surface area contributed by atoms with Crippen molar-refractivity contribution in [2.24, 2.45) is 5.73 Å². The van der Waals surface area contributed by atoms with Gasteiger partial charge in [-0.25, -0.2) is 13.4 Å². The van der Waals surface area contributed by atoms with E-state index in [0.717, 1.165) is 67.5 Å². The van der Waals surface area contributed by atoms with Crippen molar-refractivity contribution in [1.29, 1.82) is 0 Å². The van der Waals surface area contributed by atoms with Crippen LogP contribution in [0, 0.1) is 0 Å². The van der Waals surface area contributed by atoms with Gasteiger partial charge in [0.15, 0.2) is 0 Å². The smallest absolute Gasteiger partial charge is 0.243 e. The van der Waals surface area contributed by atoms with E-state index in [-0.39, 0.29) is 18.4 Å². The van der Waals surface area contributed by atoms with Crippen molar-refractivity contribution in [1.82, 2.24) is 14.3 Å². The highest BCUT2D eigenvalue weighted by Gasteiger charge is 2.28. The van der Waals surface area contributed by atoms with E-state index in [1.165, 1.54) is 41.6 Å². The lowest BCUT2D eigenvalue weighted by Gasteiger charge is -2.25. The molecule has 1 aliphatic carbocycles. The maximum Gasteiger partial charge on any atom is 0.243 e. The predicted molar refractivity (Wildman–Crippen MR) is 176 cm³/mol. The number of aryl methyl sites for hydroxylation is 1. The van der Waals surface area contributed by atoms with Crippen LogP contribution in [0.25, 0.3) is 22.0 Å². The van der Waals surface area contributed by atoms with Crippen molar-refractivity contribution in [3.63, 3.8) is 0 Å². The van der Waals surface area contributed by atoms with Gasteiger partial charge in [-0.05, 0) is 110 Å². The van der Waals surface area contributed by atoms with Crippen LogP contribution in [0.2, 0.25) is 0 Å². The standard InChI is InChI=1S/C33H38N6O2S.ClH/c34-25-15-19-38(22-25)33-28-6-2-1-3-7-30(28)37-31-13-8-23(20-29(31)33)24-14-16-35-32(21-24)36-26-9-11-27(12-10-26)42(40,41)39-17-4-5-18-39;/h8-14,16,20-21,25H,1-7,15,17-19,22,34H2,(H,35,36);1H. The minimum absolute atomic E-state index is 0. The Hall–Kier alpha value is -3.24. The number of halogens is 1. The number of benzene rings is 2. The number of sulfonamides is 1. The van der Waals surface area contributed by atoms with Crippen LogP contribution < -0.4 is 16.0 Å². The second kappa shape index (κ2) is 12.4. The number of fused-ring (bicyclic) bond motifs is 2. The second-order valence-corrected chi connectivity index (χ2v) is 13.8. The van der Waals surface area contributed by atoms with E-state index in [4.69, 9.17) is 10.7 Å². The number of hydrogen-bond donors (Lipinski definition) is 2. The molecule has 7 rings (SSSR count). The highest BCUT2D eigenvalue weighted by molar-refractivity contribution is 7.89. The fourth-order valence-corrected chi connectivity index (χ4v) is 8.24. The summed E-state index contributed by atoms with van der Waals surface area (Å²) in [5, 5.41) is 4.55. The van der Waals surface area contributed by atoms with E-state index in [9.17, 15) is 8.42 Å². The van der Waals surface area contributed by atoms with Gasteiger partial charge in [-0.2, -0.15) is 4.31 Å². The summed E-state index contributed by atoms with van der Waals surface area (Å²) in [6.07, 6.45) is 10.4. The van der Waals surface area contributed by atoms with Gasteiger partial charge in [-0.3, -0.25) is 4.98 Å². The van der Waals surface area contributed by atoms with Gasteiger partial charge in [-0.15, -0.1) is 12.4 Å². The van der Waals surface area contributed by atoms with Crippen LogP contribution in [0.4, 0.5) is 17.2 Å². The molecular weight excluding hydrogens is 580 g/mol. The molecule has 0 saturated carbocycles. The Labute approximate surface area is 260 Å². The largest absolute Gasteiger partial charge is 0.369 e. The van der Waals surface area contributed by atoms with Gasteiger partial charge in [0.25, 0.3) is 0 Å². The van der Waals surface area contributed by atoms with Gasteiger partial charge in [0.05, 0.1) is 16.1 Å². The lowest BCUT2D eigenvalue weighted by molar-refractivity contribution is 0.477. The molecular formula is C33H39ClN6O2S. The maximum absolute atomic E-state index is 12.9. The van der Waals surface area contributed by atoms with Crippen molar-refractivity contribution >= 4 is 50.5 Å². The normalized spacial score (nSPS) is 19.2. The van der Waals surface area contributed by atoms with Crippen LogP contribution in [0.15, 0.2) is 65.7 Å². The Morgan fingerprint density at radius 3 is 2.40 bits per heavy atom. The Balaban J connectivity index is 0.00000329. The van der Waals surface area contributed by atoms with E-state index in [2.05, 4.69) is 33.4 Å². The van der Waals surface area contributed by atoms with Gasteiger partial charge in [0.2, 0.25) is 10.0 Å². The number of anilines is 3. The number of nitrogens with one attached hydrogen (secondary N) is 1. The molecule has 2 fully saturated rings. The van der Waals surface area contributed by atoms with Gasteiger partial charge in [-0.1, -0.05) is 12.5 Å². The number of nitrogens with zero attached hydrogens (tertiary/aromatic N) is 4. The third-order valence-corrected chi connectivity index (χ3v) is 10.9. The van der Waals surface area contributed by atoms with Gasteiger partial charge in [0, 0.05) is 55.2 Å². The Bertz CT molecular complexity index is 1720. The van der Waals surface area contributed by atoms with Crippen LogP contribution in [-0.2, 0) is 22.9 Å². The number of aromatic nitrogens is 2. The maximum atomic E-state index is 12.9. The van der Waals surface area contributed by atoms with Crippen LogP contribution >= 0.6 is 12.4 Å². The van der Waals surface area contributed by atoms with E-state index in [1.807, 2.05) is 18.3 Å². The lowest BCUT2D eigenvalue weighted by atomic mass is 9.97. The monoisotopic (exact) mass is 618 g/mol. The third kappa shape index (κ3) is 5.96. The average molecular weight is 619 g/mol. The number of pyridine rings is 2. The zero-order valence-corrected chi connectivity index (χ0v) is 26.0. The van der Waals surface area contributed by atoms with E-state index in [0.29, 0.717) is 23.8 Å². The molecule has 2 aromatic heterocycles. The fourth-order valence-electron chi connectivity index (χ4n) is 6.72. The second-order valence-electron chi connectivity index (χ2n) is 11.9. The summed E-state index contributed by atoms with van der Waals surface area (Å²) in [6, 6.07) is 17.8. The van der Waals surface area contributed by atoms with Gasteiger partial charge in [0.1, 0.15) is 5.82 Å². The van der Waals surface area contributed by atoms with Crippen molar-refractivity contribution in [3.8, 4) is 11.1 Å². The van der Waals surface area contributed by atoms with Gasteiger partial charge < -0.3 is 16.0 Å². The van der Waals surface area contributed by atoms with Crippen molar-refractivity contribution in [2.75, 3.05) is 36.4 Å². The summed E-state index contributed by atoms with van der Waals surface area (Å²) in [7, 11) is -3.44. The predicted octanol–water partition coefficient (Wildman–Crippen LogP) is 6.05. The van der Waals surface area contributed by atoms with Crippen LogP contribution in [0.1, 0.15) is 49.8 Å². The molecule has 4 aromatic rings. The fraction of sp³-hybridized carbons (Fsp3) is 0.394. The summed E-state index contributed by atoms with van der Waals surface area (Å²) < 4.78 is 27.4. The minimum Gasteiger partial charge on any atom is -0.369 e. The summed E-state index contributed by atoms with van der Waals surface area (Å²) in [4.78, 5) is 12.5. The molecule has 0 amide bonds. The molecule has 0 bridgehead atoms. The van der Waals surface area contributed by atoms with E-state index < -0.39 is 10.0 Å². The molecule has 2 aromatic carbocycles. The molecule has 1 atom stereocenters. The molecule has 2 saturated heterocycles. The average Bonchev–Trinajstić information content (AvgIpc) is 3.65. The number of hydrogen-bond acceptors (Lipinski definition) is 7. The molecule has 3 aliphatic rings. The minimum atomic E-state index is -3.44. The van der Waals surface area contributed by atoms with Crippen molar-refractivity contribution in [2.45, 2.75) is 62.3 Å².